The largest absolute Gasteiger partial charge is 0.500 e. The summed E-state index contributed by atoms with van der Waals surface area (Å²) < 4.78 is 12.8. The van der Waals surface area contributed by atoms with Crippen molar-refractivity contribution < 1.29 is 29.6 Å². The number of amides is 1. The average Bonchev–Trinajstić information content (AvgIpc) is 3.88. The fraction of sp³-hybridized carbons (Fsp3) is 0.578. The number of ether oxygens (including phenoxy) is 2. The number of aromatic nitrogens is 1. The van der Waals surface area contributed by atoms with Crippen LogP contribution in [0.15, 0.2) is 60.9 Å². The van der Waals surface area contributed by atoms with Gasteiger partial charge in [0.25, 0.3) is 5.91 Å². The van der Waals surface area contributed by atoms with Crippen LogP contribution in [0.1, 0.15) is 68.3 Å². The summed E-state index contributed by atoms with van der Waals surface area (Å²) in [6, 6.07) is 11.8. The van der Waals surface area contributed by atoms with Crippen molar-refractivity contribution in [2.45, 2.75) is 92.6 Å². The Kier molecular flexibility index (Phi) is 9.01. The van der Waals surface area contributed by atoms with E-state index in [1.54, 1.807) is 21.3 Å². The Hall–Kier alpha value is -3.91. The van der Waals surface area contributed by atoms with Crippen LogP contribution in [-0.2, 0) is 26.8 Å². The molecule has 6 heterocycles. The van der Waals surface area contributed by atoms with Gasteiger partial charge >= 0.3 is 0 Å². The van der Waals surface area contributed by atoms with Gasteiger partial charge in [0, 0.05) is 91.1 Å². The van der Waals surface area contributed by atoms with Gasteiger partial charge in [0.1, 0.15) is 17.6 Å². The zero-order valence-corrected chi connectivity index (χ0v) is 34.3. The van der Waals surface area contributed by atoms with Gasteiger partial charge in [-0.1, -0.05) is 50.8 Å². The molecule has 5 aliphatic heterocycles. The third kappa shape index (κ3) is 4.91. The predicted octanol–water partition coefficient (Wildman–Crippen LogP) is 3.48. The Labute approximate surface area is 335 Å². The van der Waals surface area contributed by atoms with Crippen LogP contribution < -0.4 is 20.5 Å². The topological polar surface area (TPSA) is 146 Å². The normalized spacial score (nSPS) is 38.0. The average molecular weight is 781 g/mol. The Morgan fingerprint density at radius 1 is 1.07 bits per heavy atom. The van der Waals surface area contributed by atoms with Gasteiger partial charge in [0.2, 0.25) is 0 Å². The van der Waals surface area contributed by atoms with Crippen molar-refractivity contribution in [1.29, 1.82) is 0 Å². The number of methoxy groups -OCH3 is 2. The van der Waals surface area contributed by atoms with Gasteiger partial charge in [-0.3, -0.25) is 20.0 Å². The molecule has 0 radical (unpaired) electrons. The quantitative estimate of drug-likeness (QED) is 0.114. The van der Waals surface area contributed by atoms with Gasteiger partial charge in [0.15, 0.2) is 5.60 Å². The number of carbonyl (C=O) groups excluding carboxylic acids is 1. The van der Waals surface area contributed by atoms with E-state index in [0.29, 0.717) is 50.2 Å². The van der Waals surface area contributed by atoms with Crippen LogP contribution in [-0.4, -0.2) is 126 Å². The smallest absolute Gasteiger partial charge is 0.271 e. The van der Waals surface area contributed by atoms with Crippen LogP contribution in [0.5, 0.6) is 5.75 Å². The van der Waals surface area contributed by atoms with Crippen molar-refractivity contribution in [2.75, 3.05) is 65.9 Å². The van der Waals surface area contributed by atoms with Gasteiger partial charge in [-0.25, -0.2) is 5.43 Å². The number of rotatable bonds is 8. The van der Waals surface area contributed by atoms with E-state index in [2.05, 4.69) is 88.0 Å². The number of aromatic amines is 1. The molecule has 9 rings (SSSR count). The highest BCUT2D eigenvalue weighted by Gasteiger charge is 2.78. The number of likely N-dealkylation sites (N-methyl/N-ethyl adjacent to an activating group) is 1. The number of fused-ring (bicyclic) bond motifs is 6. The molecular weight excluding hydrogens is 721 g/mol. The highest BCUT2D eigenvalue weighted by molar-refractivity contribution is 5.90. The zero-order chi connectivity index (χ0) is 40.3. The molecule has 12 nitrogen and oxygen atoms in total. The van der Waals surface area contributed by atoms with Gasteiger partial charge in [-0.05, 0) is 74.2 Å². The number of hydrazine groups is 1. The molecule has 1 aromatic heterocycles. The van der Waals surface area contributed by atoms with E-state index in [1.807, 2.05) is 11.9 Å². The first-order valence-electron chi connectivity index (χ1n) is 20.9. The molecule has 57 heavy (non-hydrogen) atoms. The summed E-state index contributed by atoms with van der Waals surface area (Å²) in [5.41, 5.74) is 5.78. The lowest BCUT2D eigenvalue weighted by Crippen LogP contribution is -2.82. The van der Waals surface area contributed by atoms with Crippen LogP contribution in [0.4, 0.5) is 5.69 Å². The number of piperidine rings is 1. The fourth-order valence-corrected chi connectivity index (χ4v) is 13.4. The number of para-hydroxylation sites is 1. The molecule has 2 unspecified atom stereocenters. The van der Waals surface area contributed by atoms with E-state index < -0.39 is 45.5 Å². The Bertz CT molecular complexity index is 2150. The fourth-order valence-electron chi connectivity index (χ4n) is 13.4. The first-order valence-corrected chi connectivity index (χ1v) is 20.9. The molecule has 1 saturated carbocycles. The highest BCUT2D eigenvalue weighted by Crippen LogP contribution is 2.68. The van der Waals surface area contributed by atoms with Crippen molar-refractivity contribution in [1.82, 2.24) is 25.6 Å². The maximum atomic E-state index is 14.4. The minimum atomic E-state index is -2.19. The van der Waals surface area contributed by atoms with E-state index in [9.17, 15) is 20.1 Å². The number of aliphatic hydroxyl groups is 3. The van der Waals surface area contributed by atoms with Gasteiger partial charge in [-0.15, -0.1) is 0 Å². The second kappa shape index (κ2) is 13.3. The van der Waals surface area contributed by atoms with Crippen molar-refractivity contribution in [3.05, 3.63) is 83.3 Å². The minimum Gasteiger partial charge on any atom is -0.500 e. The van der Waals surface area contributed by atoms with E-state index >= 15 is 0 Å². The molecule has 12 heteroatoms. The zero-order valence-electron chi connectivity index (χ0n) is 34.3. The molecule has 3 fully saturated rings. The Morgan fingerprint density at radius 2 is 1.86 bits per heavy atom. The van der Waals surface area contributed by atoms with E-state index in [0.717, 1.165) is 66.0 Å². The summed E-state index contributed by atoms with van der Waals surface area (Å²) in [6.45, 7) is 12.6. The number of hydrogen-bond donors (Lipinski definition) is 6. The number of benzene rings is 2. The number of hydrogen-bond acceptors (Lipinski definition) is 10. The molecule has 2 bridgehead atoms. The number of nitrogens with one attached hydrogen (secondary N) is 3. The van der Waals surface area contributed by atoms with Gasteiger partial charge < -0.3 is 34.7 Å². The van der Waals surface area contributed by atoms with Crippen LogP contribution in [0.2, 0.25) is 0 Å². The maximum absolute atomic E-state index is 14.4. The Balaban J connectivity index is 1.36. The number of anilines is 1. The standard InChI is InChI=1S/C45H60N6O6/c1-8-41(54)23-28-24-44(27(3)56-6,36-30(15-19-50(25-28)26-41)29-13-10-11-14-33(29)47-36)32-21-31-34(22-35(32)57-7)49(5)38-43(31)17-20-51-18-12-16-42(9-2,37(43)51)39(52)45(38,55)40(53)48-46-4/h10-14,16,21-22,28,37-39,46-47,52,54-55H,3,8-9,15,17-20,23-26H2,1-2,4-7H3,(H,48,53)/t28?,37-,38+,39+,41-,42+,43+,44-,45-/m0/s1. The van der Waals surface area contributed by atoms with Gasteiger partial charge in [-0.2, -0.15) is 0 Å². The molecule has 2 aromatic carbocycles. The molecule has 10 atom stereocenters. The first-order chi connectivity index (χ1) is 27.3. The number of carbonyl (C=O) groups is 1. The molecule has 1 amide bonds. The second-order valence-corrected chi connectivity index (χ2v) is 18.0. The monoisotopic (exact) mass is 780 g/mol. The first kappa shape index (κ1) is 38.6. The van der Waals surface area contributed by atoms with Crippen molar-refractivity contribution in [2.24, 2.45) is 11.3 Å². The SMILES string of the molecule is C=C(OC)[C@]1(c2cc3c(cc2OC)N(C)[C@H]2[C@@](O)(C(=O)NNC)[C@H](O)[C@]4(CC)C=CCN5CC[C@]32[C@@H]54)CC2CN(CCc3c1[nH]c1ccccc31)C[C@](O)(CC)C2. The summed E-state index contributed by atoms with van der Waals surface area (Å²) >= 11 is 0. The summed E-state index contributed by atoms with van der Waals surface area (Å²) in [5, 5.41) is 38.8. The summed E-state index contributed by atoms with van der Waals surface area (Å²) in [4.78, 5) is 25.2. The van der Waals surface area contributed by atoms with Crippen LogP contribution in [0.3, 0.4) is 0 Å². The molecule has 306 valence electrons. The van der Waals surface area contributed by atoms with Crippen molar-refractivity contribution >= 4 is 22.5 Å². The molecule has 6 N–H and O–H groups in total. The molecule has 3 aromatic rings. The highest BCUT2D eigenvalue weighted by atomic mass is 16.5. The predicted molar refractivity (Wildman–Crippen MR) is 220 cm³/mol. The number of H-pyrrole nitrogens is 1. The maximum Gasteiger partial charge on any atom is 0.271 e. The van der Waals surface area contributed by atoms with Crippen molar-refractivity contribution in [3.63, 3.8) is 0 Å². The lowest BCUT2D eigenvalue weighted by atomic mass is 9.47. The van der Waals surface area contributed by atoms with Crippen LogP contribution >= 0.6 is 0 Å². The summed E-state index contributed by atoms with van der Waals surface area (Å²) in [6.07, 6.45) is 6.65. The minimum absolute atomic E-state index is 0.0814. The number of aliphatic hydroxyl groups excluding tert-OH is 1. The lowest BCUT2D eigenvalue weighted by molar-refractivity contribution is -0.204. The third-order valence-electron chi connectivity index (χ3n) is 15.6. The Morgan fingerprint density at radius 3 is 2.58 bits per heavy atom. The lowest BCUT2D eigenvalue weighted by Gasteiger charge is -2.63. The van der Waals surface area contributed by atoms with E-state index in [4.69, 9.17) is 16.1 Å². The third-order valence-corrected chi connectivity index (χ3v) is 15.6. The molecule has 6 aliphatic rings. The number of allylic oxidation sites excluding steroid dienone is 1. The summed E-state index contributed by atoms with van der Waals surface area (Å²) in [7, 11) is 6.92. The molecule has 1 spiro atoms. The molecule has 1 aliphatic carbocycles. The van der Waals surface area contributed by atoms with Crippen LogP contribution in [0, 0.1) is 11.3 Å². The second-order valence-electron chi connectivity index (χ2n) is 18.0. The number of nitrogens with zero attached hydrogens (tertiary/aromatic N) is 3. The molecule has 2 saturated heterocycles. The van der Waals surface area contributed by atoms with Crippen LogP contribution in [0.25, 0.3) is 10.9 Å². The van der Waals surface area contributed by atoms with Gasteiger partial charge in [0.05, 0.1) is 31.3 Å². The van der Waals surface area contributed by atoms with E-state index in [1.165, 1.54) is 5.56 Å². The van der Waals surface area contributed by atoms with Crippen molar-refractivity contribution in [3.8, 4) is 5.75 Å². The molecular formula is C45H60N6O6. The van der Waals surface area contributed by atoms with E-state index in [-0.39, 0.29) is 12.0 Å². The summed E-state index contributed by atoms with van der Waals surface area (Å²) in [5.74, 6) is 0.636.